The number of hydrogen-bond acceptors (Lipinski definition) is 7. The molecule has 0 bridgehead atoms. The molecule has 0 aliphatic carbocycles. The van der Waals surface area contributed by atoms with Crippen molar-refractivity contribution in [3.8, 4) is 0 Å². The Morgan fingerprint density at radius 3 is 2.24 bits per heavy atom. The monoisotopic (exact) mass is 467 g/mol. The Balaban J connectivity index is 1.13. The van der Waals surface area contributed by atoms with Gasteiger partial charge in [-0.25, -0.2) is 9.59 Å². The Morgan fingerprint density at radius 2 is 1.58 bits per heavy atom. The lowest BCUT2D eigenvalue weighted by molar-refractivity contribution is 0.0525. The zero-order chi connectivity index (χ0) is 23.1. The van der Waals surface area contributed by atoms with E-state index in [1.807, 2.05) is 30.8 Å². The molecule has 0 unspecified atom stereocenters. The molecule has 7 heteroatoms. The number of fused-ring (bicyclic) bond motifs is 2. The van der Waals surface area contributed by atoms with Crippen molar-refractivity contribution in [3.63, 3.8) is 0 Å². The highest BCUT2D eigenvalue weighted by molar-refractivity contribution is 7.99. The highest BCUT2D eigenvalue weighted by Crippen LogP contribution is 2.34. The minimum absolute atomic E-state index is 0.212. The van der Waals surface area contributed by atoms with Gasteiger partial charge in [-0.15, -0.1) is 11.8 Å². The third-order valence-electron chi connectivity index (χ3n) is 7.30. The summed E-state index contributed by atoms with van der Waals surface area (Å²) >= 11 is 1.87. The van der Waals surface area contributed by atoms with Crippen LogP contribution in [0.25, 0.3) is 0 Å². The van der Waals surface area contributed by atoms with Crippen LogP contribution in [0.2, 0.25) is 0 Å². The van der Waals surface area contributed by atoms with Gasteiger partial charge in [-0.1, -0.05) is 6.07 Å². The van der Waals surface area contributed by atoms with Crippen LogP contribution in [0.5, 0.6) is 0 Å². The Morgan fingerprint density at radius 1 is 0.970 bits per heavy atom. The predicted octanol–water partition coefficient (Wildman–Crippen LogP) is 4.18. The lowest BCUT2D eigenvalue weighted by Gasteiger charge is -2.33. The Kier molecular flexibility index (Phi) is 6.20. The second-order valence-electron chi connectivity index (χ2n) is 9.24. The lowest BCUT2D eigenvalue weighted by atomic mass is 9.94. The van der Waals surface area contributed by atoms with E-state index in [-0.39, 0.29) is 11.9 Å². The molecule has 1 atom stereocenters. The molecule has 1 fully saturated rings. The summed E-state index contributed by atoms with van der Waals surface area (Å²) in [5.41, 5.74) is 6.30. The Bertz CT molecular complexity index is 1110. The molecule has 0 spiro atoms. The first-order chi connectivity index (χ1) is 15.9. The summed E-state index contributed by atoms with van der Waals surface area (Å²) in [4.78, 5) is 27.1. The molecule has 3 heterocycles. The van der Waals surface area contributed by atoms with Crippen molar-refractivity contribution in [2.24, 2.45) is 5.92 Å². The van der Waals surface area contributed by atoms with Crippen molar-refractivity contribution < 1.29 is 24.2 Å². The van der Waals surface area contributed by atoms with Gasteiger partial charge in [0.25, 0.3) is 0 Å². The van der Waals surface area contributed by atoms with Crippen molar-refractivity contribution in [3.05, 3.63) is 63.2 Å². The number of aliphatic hydroxyl groups is 1. The molecule has 3 aliphatic heterocycles. The zero-order valence-electron chi connectivity index (χ0n) is 19.1. The van der Waals surface area contributed by atoms with Gasteiger partial charge in [-0.3, -0.25) is 0 Å². The molecule has 0 amide bonds. The standard InChI is InChI=1S/C26H29NO5S/c1-15-18(3-4-19-21(15)12-31-25(19)29)23(28)11-27-9-7-17(8-10-27)14-33-24-6-5-20-22(16(24)2)13-32-26(20)30/h3-6,17,23,28H,7-14H2,1-2H3/t23-/m1/s1. The van der Waals surface area contributed by atoms with Gasteiger partial charge in [-0.05, 0) is 80.6 Å². The summed E-state index contributed by atoms with van der Waals surface area (Å²) in [6.45, 7) is 7.28. The highest BCUT2D eigenvalue weighted by atomic mass is 32.2. The number of piperidine rings is 1. The average Bonchev–Trinajstić information content (AvgIpc) is 3.38. The van der Waals surface area contributed by atoms with Crippen molar-refractivity contribution in [1.82, 2.24) is 4.90 Å². The number of esters is 2. The quantitative estimate of drug-likeness (QED) is 0.504. The molecule has 174 valence electrons. The van der Waals surface area contributed by atoms with Gasteiger partial charge in [0.1, 0.15) is 13.2 Å². The van der Waals surface area contributed by atoms with Crippen molar-refractivity contribution in [1.29, 1.82) is 0 Å². The fourth-order valence-electron chi connectivity index (χ4n) is 5.10. The number of hydrogen-bond donors (Lipinski definition) is 1. The van der Waals surface area contributed by atoms with Crippen LogP contribution in [-0.4, -0.2) is 47.3 Å². The molecular formula is C26H29NO5S. The van der Waals surface area contributed by atoms with Gasteiger partial charge in [0.05, 0.1) is 17.2 Å². The number of aliphatic hydroxyl groups excluding tert-OH is 1. The second kappa shape index (κ2) is 9.12. The van der Waals surface area contributed by atoms with Crippen LogP contribution in [0, 0.1) is 19.8 Å². The van der Waals surface area contributed by atoms with Crippen LogP contribution >= 0.6 is 11.8 Å². The molecule has 0 aromatic heterocycles. The number of benzene rings is 2. The molecule has 33 heavy (non-hydrogen) atoms. The van der Waals surface area contributed by atoms with Crippen molar-refractivity contribution in [2.45, 2.75) is 50.9 Å². The molecule has 1 saturated heterocycles. The molecule has 0 radical (unpaired) electrons. The van der Waals surface area contributed by atoms with E-state index in [1.165, 1.54) is 10.5 Å². The smallest absolute Gasteiger partial charge is 0.338 e. The minimum Gasteiger partial charge on any atom is -0.457 e. The maximum absolute atomic E-state index is 11.8. The molecule has 6 nitrogen and oxygen atoms in total. The topological polar surface area (TPSA) is 76.1 Å². The molecule has 2 aromatic rings. The molecule has 5 rings (SSSR count). The number of thioether (sulfide) groups is 1. The number of rotatable bonds is 6. The minimum atomic E-state index is -0.573. The van der Waals surface area contributed by atoms with Crippen LogP contribution in [-0.2, 0) is 22.7 Å². The third-order valence-corrected chi connectivity index (χ3v) is 8.69. The number of likely N-dealkylation sites (tertiary alicyclic amines) is 1. The average molecular weight is 468 g/mol. The SMILES string of the molecule is Cc1c(SCC2CCN(C[C@@H](O)c3ccc4c(c3C)COC4=O)CC2)ccc2c1COC2=O. The molecular weight excluding hydrogens is 438 g/mol. The summed E-state index contributed by atoms with van der Waals surface area (Å²) in [7, 11) is 0. The molecule has 2 aromatic carbocycles. The van der Waals surface area contributed by atoms with E-state index in [2.05, 4.69) is 17.9 Å². The Hall–Kier alpha value is -2.35. The third kappa shape index (κ3) is 4.29. The van der Waals surface area contributed by atoms with E-state index in [0.717, 1.165) is 53.9 Å². The number of nitrogens with zero attached hydrogens (tertiary/aromatic N) is 1. The second-order valence-corrected chi connectivity index (χ2v) is 10.3. The number of carbonyl (C=O) groups excluding carboxylic acids is 2. The first-order valence-electron chi connectivity index (χ1n) is 11.5. The van der Waals surface area contributed by atoms with Crippen LogP contribution in [0.3, 0.4) is 0 Å². The predicted molar refractivity (Wildman–Crippen MR) is 125 cm³/mol. The van der Waals surface area contributed by atoms with Gasteiger partial charge in [0, 0.05) is 28.3 Å². The van der Waals surface area contributed by atoms with Crippen molar-refractivity contribution in [2.75, 3.05) is 25.4 Å². The van der Waals surface area contributed by atoms with Crippen LogP contribution < -0.4 is 0 Å². The lowest BCUT2D eigenvalue weighted by Crippen LogP contribution is -2.37. The highest BCUT2D eigenvalue weighted by Gasteiger charge is 2.28. The van der Waals surface area contributed by atoms with E-state index >= 15 is 0 Å². The fourth-order valence-corrected chi connectivity index (χ4v) is 6.35. The summed E-state index contributed by atoms with van der Waals surface area (Å²) in [6.07, 6.45) is 1.64. The van der Waals surface area contributed by atoms with E-state index in [1.54, 1.807) is 6.07 Å². The number of β-amino-alcohol motifs (C(OH)–C–C–N with tert-alkyl or cyclic N) is 1. The van der Waals surface area contributed by atoms with Crippen LogP contribution in [0.4, 0.5) is 0 Å². The first-order valence-corrected chi connectivity index (χ1v) is 12.5. The molecule has 3 aliphatic rings. The summed E-state index contributed by atoms with van der Waals surface area (Å²) in [5, 5.41) is 10.9. The van der Waals surface area contributed by atoms with E-state index in [0.29, 0.717) is 36.8 Å². The van der Waals surface area contributed by atoms with Gasteiger partial charge in [0.15, 0.2) is 0 Å². The number of cyclic esters (lactones) is 2. The van der Waals surface area contributed by atoms with Gasteiger partial charge < -0.3 is 19.5 Å². The van der Waals surface area contributed by atoms with E-state index in [4.69, 9.17) is 9.47 Å². The van der Waals surface area contributed by atoms with Gasteiger partial charge >= 0.3 is 11.9 Å². The molecule has 1 N–H and O–H groups in total. The normalized spacial score (nSPS) is 19.2. The maximum atomic E-state index is 11.8. The summed E-state index contributed by atoms with van der Waals surface area (Å²) in [5.74, 6) is 1.21. The van der Waals surface area contributed by atoms with Gasteiger partial charge in [-0.2, -0.15) is 0 Å². The Labute approximate surface area is 198 Å². The number of carbonyl (C=O) groups is 2. The largest absolute Gasteiger partial charge is 0.457 e. The summed E-state index contributed by atoms with van der Waals surface area (Å²) < 4.78 is 10.3. The van der Waals surface area contributed by atoms with Gasteiger partial charge in [0.2, 0.25) is 0 Å². The van der Waals surface area contributed by atoms with Crippen molar-refractivity contribution >= 4 is 23.7 Å². The van der Waals surface area contributed by atoms with E-state index < -0.39 is 6.10 Å². The molecule has 0 saturated carbocycles. The van der Waals surface area contributed by atoms with Crippen LogP contribution in [0.15, 0.2) is 29.2 Å². The van der Waals surface area contributed by atoms with Crippen LogP contribution in [0.1, 0.15) is 67.5 Å². The first kappa shape index (κ1) is 22.4. The zero-order valence-corrected chi connectivity index (χ0v) is 19.9. The number of ether oxygens (including phenoxy) is 2. The maximum Gasteiger partial charge on any atom is 0.338 e. The van der Waals surface area contributed by atoms with E-state index in [9.17, 15) is 14.7 Å². The fraction of sp³-hybridized carbons (Fsp3) is 0.462. The summed E-state index contributed by atoms with van der Waals surface area (Å²) in [6, 6.07) is 7.59.